The molecule has 6 nitrogen and oxygen atoms in total. The molecule has 1 fully saturated rings. The predicted octanol–water partition coefficient (Wildman–Crippen LogP) is 5.16. The number of thioether (sulfide) groups is 1. The van der Waals surface area contributed by atoms with Crippen LogP contribution in [0.5, 0.6) is 0 Å². The summed E-state index contributed by atoms with van der Waals surface area (Å²) < 4.78 is 27.7. The van der Waals surface area contributed by atoms with Crippen molar-refractivity contribution in [3.8, 4) is 0 Å². The van der Waals surface area contributed by atoms with Crippen LogP contribution in [0.25, 0.3) is 16.8 Å². The Balaban J connectivity index is 1.42. The van der Waals surface area contributed by atoms with Crippen molar-refractivity contribution in [2.24, 2.45) is 0 Å². The van der Waals surface area contributed by atoms with Crippen LogP contribution in [0.1, 0.15) is 5.56 Å². The highest BCUT2D eigenvalue weighted by Gasteiger charge is 2.34. The minimum atomic E-state index is -3.80. The third-order valence-electron chi connectivity index (χ3n) is 4.77. The van der Waals surface area contributed by atoms with Gasteiger partial charge in [-0.25, -0.2) is 13.1 Å². The van der Waals surface area contributed by atoms with Crippen molar-refractivity contribution >= 4 is 73.0 Å². The highest BCUT2D eigenvalue weighted by molar-refractivity contribution is 8.18. The van der Waals surface area contributed by atoms with Crippen molar-refractivity contribution in [2.45, 2.75) is 4.90 Å². The summed E-state index contributed by atoms with van der Waals surface area (Å²) in [5, 5.41) is 1.98. The van der Waals surface area contributed by atoms with Gasteiger partial charge in [0.1, 0.15) is 0 Å². The summed E-state index contributed by atoms with van der Waals surface area (Å²) in [6, 6.07) is 17.1. The third kappa shape index (κ3) is 4.84. The molecule has 0 bridgehead atoms. The largest absolute Gasteiger partial charge is 0.293 e. The number of halogens is 2. The number of carbonyl (C=O) groups excluding carboxylic acids is 2. The molecule has 0 spiro atoms. The molecule has 0 aromatic heterocycles. The zero-order chi connectivity index (χ0) is 22.9. The summed E-state index contributed by atoms with van der Waals surface area (Å²) in [4.78, 5) is 26.3. The van der Waals surface area contributed by atoms with E-state index in [0.29, 0.717) is 15.6 Å². The van der Waals surface area contributed by atoms with E-state index in [1.54, 1.807) is 36.4 Å². The summed E-state index contributed by atoms with van der Waals surface area (Å²) in [6.45, 7) is -0.191. The molecule has 32 heavy (non-hydrogen) atoms. The third-order valence-corrected chi connectivity index (χ3v) is 7.88. The maximum absolute atomic E-state index is 12.6. The number of nitrogens with zero attached hydrogens (tertiary/aromatic N) is 1. The molecule has 0 aliphatic carbocycles. The van der Waals surface area contributed by atoms with E-state index in [2.05, 4.69) is 4.72 Å². The highest BCUT2D eigenvalue weighted by atomic mass is 35.5. The van der Waals surface area contributed by atoms with E-state index in [0.717, 1.165) is 27.4 Å². The Hall–Kier alpha value is -2.36. The van der Waals surface area contributed by atoms with Crippen LogP contribution in [0, 0.1) is 0 Å². The molecule has 1 aliphatic heterocycles. The Morgan fingerprint density at radius 1 is 0.938 bits per heavy atom. The smallest absolute Gasteiger partial charge is 0.268 e. The number of sulfonamides is 1. The first-order valence-electron chi connectivity index (χ1n) is 9.43. The Bertz CT molecular complexity index is 1370. The van der Waals surface area contributed by atoms with Gasteiger partial charge in [-0.1, -0.05) is 59.6 Å². The monoisotopic (exact) mass is 506 g/mol. The van der Waals surface area contributed by atoms with Crippen LogP contribution >= 0.6 is 35.0 Å². The fourth-order valence-electron chi connectivity index (χ4n) is 3.16. The Morgan fingerprint density at radius 2 is 1.69 bits per heavy atom. The van der Waals surface area contributed by atoms with E-state index in [4.69, 9.17) is 23.2 Å². The van der Waals surface area contributed by atoms with Gasteiger partial charge >= 0.3 is 0 Å². The average Bonchev–Trinajstić information content (AvgIpc) is 3.03. The maximum Gasteiger partial charge on any atom is 0.293 e. The molecule has 2 amide bonds. The van der Waals surface area contributed by atoms with Crippen molar-refractivity contribution in [2.75, 3.05) is 13.1 Å². The van der Waals surface area contributed by atoms with E-state index >= 15 is 0 Å². The number of benzene rings is 3. The van der Waals surface area contributed by atoms with Crippen LogP contribution in [0.4, 0.5) is 4.79 Å². The first kappa shape index (κ1) is 22.8. The van der Waals surface area contributed by atoms with E-state index < -0.39 is 21.2 Å². The molecule has 1 aliphatic rings. The van der Waals surface area contributed by atoms with E-state index in [1.165, 1.54) is 6.07 Å². The first-order chi connectivity index (χ1) is 15.2. The number of carbonyl (C=O) groups is 2. The minimum Gasteiger partial charge on any atom is -0.268 e. The van der Waals surface area contributed by atoms with Gasteiger partial charge in [-0.15, -0.1) is 0 Å². The molecule has 0 radical (unpaired) electrons. The Kier molecular flexibility index (Phi) is 6.60. The molecule has 0 atom stereocenters. The van der Waals surface area contributed by atoms with Gasteiger partial charge in [0.25, 0.3) is 11.1 Å². The molecule has 1 N–H and O–H groups in total. The Labute approximate surface area is 199 Å². The SMILES string of the molecule is O=C1S/C(=C/c2ccc(Cl)c(Cl)c2)C(=O)N1CCNS(=O)(=O)c1ccc2ccccc2c1. The second kappa shape index (κ2) is 9.25. The normalized spacial score (nSPS) is 15.8. The first-order valence-corrected chi connectivity index (χ1v) is 12.5. The zero-order valence-corrected chi connectivity index (χ0v) is 19.6. The van der Waals surface area contributed by atoms with E-state index in [-0.39, 0.29) is 22.9 Å². The lowest BCUT2D eigenvalue weighted by Crippen LogP contribution is -2.37. The summed E-state index contributed by atoms with van der Waals surface area (Å²) in [5.41, 5.74) is 0.627. The van der Waals surface area contributed by atoms with Gasteiger partial charge in [-0.05, 0) is 58.4 Å². The highest BCUT2D eigenvalue weighted by Crippen LogP contribution is 2.33. The fourth-order valence-corrected chi connectivity index (χ4v) is 5.38. The number of nitrogens with one attached hydrogen (secondary N) is 1. The standard InChI is InChI=1S/C22H16Cl2N2O4S2/c23-18-8-5-14(11-19(18)24)12-20-21(27)26(22(28)31-20)10-9-25-32(29,30)17-7-6-15-3-1-2-4-16(15)13-17/h1-8,11-13,25H,9-10H2/b20-12+. The topological polar surface area (TPSA) is 83.6 Å². The summed E-state index contributed by atoms with van der Waals surface area (Å²) in [7, 11) is -3.80. The van der Waals surface area contributed by atoms with Crippen molar-refractivity contribution in [1.29, 1.82) is 0 Å². The quantitative estimate of drug-likeness (QED) is 0.466. The molecule has 3 aromatic rings. The number of fused-ring (bicyclic) bond motifs is 1. The van der Waals surface area contributed by atoms with Gasteiger partial charge in [0.15, 0.2) is 0 Å². The van der Waals surface area contributed by atoms with Crippen LogP contribution in [-0.2, 0) is 14.8 Å². The zero-order valence-electron chi connectivity index (χ0n) is 16.4. The predicted molar refractivity (Wildman–Crippen MR) is 128 cm³/mol. The van der Waals surface area contributed by atoms with Gasteiger partial charge in [-0.3, -0.25) is 14.5 Å². The van der Waals surface area contributed by atoms with Gasteiger partial charge in [-0.2, -0.15) is 0 Å². The van der Waals surface area contributed by atoms with Crippen molar-refractivity contribution in [1.82, 2.24) is 9.62 Å². The van der Waals surface area contributed by atoms with Crippen molar-refractivity contribution < 1.29 is 18.0 Å². The summed E-state index contributed by atoms with van der Waals surface area (Å²) >= 11 is 12.7. The number of hydrogen-bond acceptors (Lipinski definition) is 5. The lowest BCUT2D eigenvalue weighted by Gasteiger charge is -2.13. The molecule has 10 heteroatoms. The average molecular weight is 507 g/mol. The molecule has 1 heterocycles. The molecule has 0 saturated carbocycles. The van der Waals surface area contributed by atoms with Crippen LogP contribution in [-0.4, -0.2) is 37.6 Å². The second-order valence-corrected chi connectivity index (χ2v) is 10.5. The minimum absolute atomic E-state index is 0.0871. The summed E-state index contributed by atoms with van der Waals surface area (Å²) in [5.74, 6) is -0.490. The number of rotatable bonds is 6. The molecule has 1 saturated heterocycles. The summed E-state index contributed by atoms with van der Waals surface area (Å²) in [6.07, 6.45) is 1.55. The molecule has 3 aromatic carbocycles. The molecular formula is C22H16Cl2N2O4S2. The Morgan fingerprint density at radius 3 is 2.44 bits per heavy atom. The van der Waals surface area contributed by atoms with Crippen LogP contribution in [0.15, 0.2) is 70.5 Å². The van der Waals surface area contributed by atoms with Gasteiger partial charge in [0.2, 0.25) is 10.0 Å². The molecule has 4 rings (SSSR count). The van der Waals surface area contributed by atoms with Crippen molar-refractivity contribution in [3.63, 3.8) is 0 Å². The number of imide groups is 1. The lowest BCUT2D eigenvalue weighted by molar-refractivity contribution is -0.122. The van der Waals surface area contributed by atoms with Crippen LogP contribution in [0.2, 0.25) is 10.0 Å². The van der Waals surface area contributed by atoms with Crippen LogP contribution < -0.4 is 4.72 Å². The van der Waals surface area contributed by atoms with E-state index in [9.17, 15) is 18.0 Å². The van der Waals surface area contributed by atoms with Gasteiger partial charge < -0.3 is 0 Å². The maximum atomic E-state index is 12.6. The van der Waals surface area contributed by atoms with Gasteiger partial charge in [0.05, 0.1) is 19.8 Å². The fraction of sp³-hybridized carbons (Fsp3) is 0.0909. The van der Waals surface area contributed by atoms with Crippen molar-refractivity contribution in [3.05, 3.63) is 81.2 Å². The van der Waals surface area contributed by atoms with Crippen LogP contribution in [0.3, 0.4) is 0 Å². The lowest BCUT2D eigenvalue weighted by atomic mass is 10.1. The molecule has 164 valence electrons. The molecule has 0 unspecified atom stereocenters. The van der Waals surface area contributed by atoms with E-state index in [1.807, 2.05) is 24.3 Å². The number of hydrogen-bond donors (Lipinski definition) is 1. The second-order valence-electron chi connectivity index (χ2n) is 6.91. The van der Waals surface area contributed by atoms with Gasteiger partial charge in [0, 0.05) is 13.1 Å². The number of amides is 2. The molecular weight excluding hydrogens is 491 g/mol.